The summed E-state index contributed by atoms with van der Waals surface area (Å²) in [4.78, 5) is 3.99. The molecule has 84 valence electrons. The largest absolute Gasteiger partial charge is 0.440 e. The van der Waals surface area contributed by atoms with Gasteiger partial charge in [-0.1, -0.05) is 30.8 Å². The minimum atomic E-state index is -0.311. The first-order chi connectivity index (χ1) is 7.06. The van der Waals surface area contributed by atoms with Gasteiger partial charge in [0.25, 0.3) is 5.22 Å². The smallest absolute Gasteiger partial charge is 0.255 e. The van der Waals surface area contributed by atoms with E-state index >= 15 is 0 Å². The molecule has 0 radical (unpaired) electrons. The zero-order valence-corrected chi connectivity index (χ0v) is 9.62. The zero-order valence-electron chi connectivity index (χ0n) is 8.80. The normalized spacial score (nSPS) is 13.1. The Morgan fingerprint density at radius 3 is 3.00 bits per heavy atom. The molecule has 1 heterocycles. The highest BCUT2D eigenvalue weighted by Crippen LogP contribution is 2.25. The fraction of sp³-hybridized carbons (Fsp3) is 0.556. The van der Waals surface area contributed by atoms with E-state index in [1.54, 1.807) is 6.20 Å². The van der Waals surface area contributed by atoms with Crippen molar-refractivity contribution < 1.29 is 9.62 Å². The molecule has 0 aliphatic carbocycles. The van der Waals surface area contributed by atoms with E-state index in [-0.39, 0.29) is 11.3 Å². The first-order valence-corrected chi connectivity index (χ1v) is 5.55. The molecule has 0 amide bonds. The van der Waals surface area contributed by atoms with Gasteiger partial charge in [-0.25, -0.2) is 4.98 Å². The van der Waals surface area contributed by atoms with E-state index in [2.05, 4.69) is 10.1 Å². The Bertz CT molecular complexity index is 322. The van der Waals surface area contributed by atoms with Crippen molar-refractivity contribution in [2.45, 2.75) is 25.5 Å². The van der Waals surface area contributed by atoms with Crippen molar-refractivity contribution in [3.63, 3.8) is 0 Å². The van der Waals surface area contributed by atoms with Crippen molar-refractivity contribution >= 4 is 17.6 Å². The van der Waals surface area contributed by atoms with Crippen LogP contribution < -0.4 is 5.73 Å². The summed E-state index contributed by atoms with van der Waals surface area (Å²) >= 11 is 1.51. The molecular formula is C9H15N3O2S. The lowest BCUT2D eigenvalue weighted by Crippen LogP contribution is -2.32. The molecule has 0 fully saturated rings. The number of hydrogen-bond donors (Lipinski definition) is 2. The van der Waals surface area contributed by atoms with Crippen LogP contribution in [0.5, 0.6) is 0 Å². The van der Waals surface area contributed by atoms with Crippen LogP contribution in [0.4, 0.5) is 0 Å². The second-order valence-corrected chi connectivity index (χ2v) is 4.81. The number of hydrogen-bond acceptors (Lipinski definition) is 5. The first-order valence-electron chi connectivity index (χ1n) is 4.56. The Hall–Kier alpha value is -1.17. The van der Waals surface area contributed by atoms with E-state index in [1.165, 1.54) is 18.0 Å². The summed E-state index contributed by atoms with van der Waals surface area (Å²) in [6, 6.07) is 0. The van der Waals surface area contributed by atoms with Gasteiger partial charge in [-0.3, -0.25) is 0 Å². The van der Waals surface area contributed by atoms with Crippen LogP contribution in [0.2, 0.25) is 0 Å². The Morgan fingerprint density at radius 2 is 2.47 bits per heavy atom. The second kappa shape index (κ2) is 5.06. The summed E-state index contributed by atoms with van der Waals surface area (Å²) in [7, 11) is 0. The molecule has 0 atom stereocenters. The van der Waals surface area contributed by atoms with Crippen molar-refractivity contribution in [1.82, 2.24) is 4.98 Å². The summed E-state index contributed by atoms with van der Waals surface area (Å²) in [5.74, 6) is 1.06. The van der Waals surface area contributed by atoms with Gasteiger partial charge in [0.2, 0.25) is 0 Å². The summed E-state index contributed by atoms with van der Waals surface area (Å²) in [5, 5.41) is 12.2. The lowest BCUT2D eigenvalue weighted by atomic mass is 9.89. The third-order valence-electron chi connectivity index (χ3n) is 2.16. The highest BCUT2D eigenvalue weighted by Gasteiger charge is 2.23. The van der Waals surface area contributed by atoms with Crippen LogP contribution in [0.25, 0.3) is 0 Å². The predicted molar refractivity (Wildman–Crippen MR) is 59.0 cm³/mol. The highest BCUT2D eigenvalue weighted by atomic mass is 32.2. The molecule has 15 heavy (non-hydrogen) atoms. The number of rotatable bonds is 5. The lowest BCUT2D eigenvalue weighted by molar-refractivity contribution is 0.307. The molecule has 0 saturated heterocycles. The number of oxime groups is 1. The topological polar surface area (TPSA) is 84.6 Å². The fourth-order valence-corrected chi connectivity index (χ4v) is 1.98. The molecule has 0 saturated carbocycles. The van der Waals surface area contributed by atoms with E-state index < -0.39 is 0 Å². The molecule has 5 nitrogen and oxygen atoms in total. The van der Waals surface area contributed by atoms with Crippen LogP contribution in [-0.4, -0.2) is 21.8 Å². The number of nitrogens with two attached hydrogens (primary N) is 1. The average Bonchev–Trinajstić information content (AvgIpc) is 2.69. The Kier molecular flexibility index (Phi) is 4.02. The third-order valence-corrected chi connectivity index (χ3v) is 3.02. The van der Waals surface area contributed by atoms with Crippen LogP contribution in [-0.2, 0) is 0 Å². The number of amidine groups is 1. The summed E-state index contributed by atoms with van der Waals surface area (Å²) in [6.07, 6.45) is 3.93. The quantitative estimate of drug-likeness (QED) is 0.265. The number of nitrogens with zero attached hydrogens (tertiary/aromatic N) is 2. The van der Waals surface area contributed by atoms with Crippen molar-refractivity contribution in [2.24, 2.45) is 16.3 Å². The predicted octanol–water partition coefficient (Wildman–Crippen LogP) is 1.93. The molecule has 6 heteroatoms. The fourth-order valence-electron chi connectivity index (χ4n) is 0.939. The first kappa shape index (κ1) is 11.9. The van der Waals surface area contributed by atoms with Crippen LogP contribution in [0.15, 0.2) is 27.3 Å². The van der Waals surface area contributed by atoms with Gasteiger partial charge in [-0.2, -0.15) is 0 Å². The maximum absolute atomic E-state index is 8.58. The van der Waals surface area contributed by atoms with Crippen molar-refractivity contribution in [3.05, 3.63) is 12.5 Å². The maximum atomic E-state index is 8.58. The third kappa shape index (κ3) is 3.47. The van der Waals surface area contributed by atoms with Crippen LogP contribution in [0.3, 0.4) is 0 Å². The van der Waals surface area contributed by atoms with Gasteiger partial charge in [0.05, 0.1) is 6.20 Å². The monoisotopic (exact) mass is 229 g/mol. The van der Waals surface area contributed by atoms with Gasteiger partial charge in [-0.05, 0) is 6.42 Å². The van der Waals surface area contributed by atoms with E-state index in [4.69, 9.17) is 15.4 Å². The van der Waals surface area contributed by atoms with Crippen molar-refractivity contribution in [3.8, 4) is 0 Å². The SMILES string of the molecule is CC(C)(CCSc1ncco1)/C(N)=N/O. The van der Waals surface area contributed by atoms with Gasteiger partial charge in [0.1, 0.15) is 12.1 Å². The van der Waals surface area contributed by atoms with E-state index in [1.807, 2.05) is 13.8 Å². The van der Waals surface area contributed by atoms with Crippen molar-refractivity contribution in [2.75, 3.05) is 5.75 Å². The molecule has 0 spiro atoms. The average molecular weight is 229 g/mol. The maximum Gasteiger partial charge on any atom is 0.255 e. The van der Waals surface area contributed by atoms with Gasteiger partial charge in [0.15, 0.2) is 0 Å². The molecule has 0 unspecified atom stereocenters. The molecule has 1 rings (SSSR count). The molecular weight excluding hydrogens is 214 g/mol. The number of oxazole rings is 1. The lowest BCUT2D eigenvalue weighted by Gasteiger charge is -2.21. The van der Waals surface area contributed by atoms with Gasteiger partial charge >= 0.3 is 0 Å². The number of aromatic nitrogens is 1. The van der Waals surface area contributed by atoms with Gasteiger partial charge < -0.3 is 15.4 Å². The highest BCUT2D eigenvalue weighted by molar-refractivity contribution is 7.99. The van der Waals surface area contributed by atoms with Gasteiger partial charge in [0, 0.05) is 11.2 Å². The van der Waals surface area contributed by atoms with Crippen LogP contribution in [0.1, 0.15) is 20.3 Å². The second-order valence-electron chi connectivity index (χ2n) is 3.77. The summed E-state index contributed by atoms with van der Waals surface area (Å²) < 4.78 is 5.08. The molecule has 0 aromatic carbocycles. The molecule has 1 aromatic rings. The Morgan fingerprint density at radius 1 is 1.73 bits per heavy atom. The minimum absolute atomic E-state index is 0.246. The van der Waals surface area contributed by atoms with Crippen LogP contribution >= 0.6 is 11.8 Å². The number of thioether (sulfide) groups is 1. The molecule has 3 N–H and O–H groups in total. The Balaban J connectivity index is 2.37. The minimum Gasteiger partial charge on any atom is -0.440 e. The van der Waals surface area contributed by atoms with Crippen LogP contribution in [0, 0.1) is 5.41 Å². The van der Waals surface area contributed by atoms with Crippen molar-refractivity contribution in [1.29, 1.82) is 0 Å². The molecule has 0 aliphatic heterocycles. The summed E-state index contributed by atoms with van der Waals surface area (Å²) in [5.41, 5.74) is 5.25. The summed E-state index contributed by atoms with van der Waals surface area (Å²) in [6.45, 7) is 3.86. The van der Waals surface area contributed by atoms with E-state index in [0.29, 0.717) is 5.22 Å². The van der Waals surface area contributed by atoms with E-state index in [9.17, 15) is 0 Å². The molecule has 0 bridgehead atoms. The molecule has 0 aliphatic rings. The molecule has 1 aromatic heterocycles. The van der Waals surface area contributed by atoms with Gasteiger partial charge in [-0.15, -0.1) is 0 Å². The standard InChI is InChI=1S/C9H15N3O2S/c1-9(2,7(10)12-13)3-6-15-8-11-4-5-14-8/h4-5,13H,3,6H2,1-2H3,(H2,10,12). The van der Waals surface area contributed by atoms with E-state index in [0.717, 1.165) is 12.2 Å². The Labute approximate surface area is 92.7 Å². The zero-order chi connectivity index (χ0) is 11.3.